The first-order valence-corrected chi connectivity index (χ1v) is 7.40. The van der Waals surface area contributed by atoms with Gasteiger partial charge in [0.1, 0.15) is 0 Å². The largest absolute Gasteiger partial charge is 0.481 e. The van der Waals surface area contributed by atoms with Crippen molar-refractivity contribution in [3.63, 3.8) is 0 Å². The maximum Gasteiger partial charge on any atom is 0.307 e. The van der Waals surface area contributed by atoms with E-state index in [-0.39, 0.29) is 18.1 Å². The van der Waals surface area contributed by atoms with E-state index < -0.39 is 11.9 Å². The van der Waals surface area contributed by atoms with Crippen molar-refractivity contribution in [2.45, 2.75) is 20.3 Å². The van der Waals surface area contributed by atoms with Gasteiger partial charge in [0.05, 0.1) is 5.92 Å². The smallest absolute Gasteiger partial charge is 0.307 e. The lowest BCUT2D eigenvalue weighted by Crippen LogP contribution is -2.23. The minimum absolute atomic E-state index is 0.0394. The number of carboxylic acids is 1. The Kier molecular flexibility index (Phi) is 5.10. The second-order valence-electron chi connectivity index (χ2n) is 5.76. The highest BCUT2D eigenvalue weighted by Gasteiger charge is 2.25. The molecule has 2 aromatic carbocycles. The molecule has 3 nitrogen and oxygen atoms in total. The quantitative estimate of drug-likeness (QED) is 0.809. The maximum atomic E-state index is 12.2. The summed E-state index contributed by atoms with van der Waals surface area (Å²) < 4.78 is 0. The molecule has 0 saturated carbocycles. The molecule has 2 aromatic rings. The van der Waals surface area contributed by atoms with Crippen molar-refractivity contribution in [1.82, 2.24) is 0 Å². The highest BCUT2D eigenvalue weighted by atomic mass is 16.4. The van der Waals surface area contributed by atoms with E-state index in [1.165, 1.54) is 0 Å². The Morgan fingerprint density at radius 3 is 1.95 bits per heavy atom. The molecule has 0 aliphatic rings. The molecule has 0 fully saturated rings. The zero-order valence-electron chi connectivity index (χ0n) is 12.8. The Balaban J connectivity index is 2.13. The molecule has 1 atom stereocenters. The number of rotatable bonds is 6. The van der Waals surface area contributed by atoms with Gasteiger partial charge in [0.25, 0.3) is 0 Å². The number of carboxylic acid groups (broad SMARTS) is 1. The van der Waals surface area contributed by atoms with E-state index in [0.717, 1.165) is 11.1 Å². The third-order valence-corrected chi connectivity index (χ3v) is 3.84. The lowest BCUT2D eigenvalue weighted by molar-refractivity contribution is -0.143. The van der Waals surface area contributed by atoms with Gasteiger partial charge >= 0.3 is 5.97 Å². The number of hydrogen-bond donors (Lipinski definition) is 1. The van der Waals surface area contributed by atoms with Crippen molar-refractivity contribution in [2.75, 3.05) is 0 Å². The van der Waals surface area contributed by atoms with Gasteiger partial charge in [-0.1, -0.05) is 68.4 Å². The highest BCUT2D eigenvalue weighted by molar-refractivity contribution is 5.98. The predicted octanol–water partition coefficient (Wildman–Crippen LogP) is 4.28. The van der Waals surface area contributed by atoms with E-state index in [1.807, 2.05) is 56.3 Å². The van der Waals surface area contributed by atoms with Crippen LogP contribution in [-0.4, -0.2) is 16.9 Å². The molecule has 0 spiro atoms. The average Bonchev–Trinajstić information content (AvgIpc) is 2.52. The Hall–Kier alpha value is -2.42. The predicted molar refractivity (Wildman–Crippen MR) is 86.8 cm³/mol. The van der Waals surface area contributed by atoms with Gasteiger partial charge in [-0.3, -0.25) is 9.59 Å². The van der Waals surface area contributed by atoms with E-state index in [1.54, 1.807) is 12.1 Å². The zero-order valence-corrected chi connectivity index (χ0v) is 12.8. The molecular formula is C19H20O3. The summed E-state index contributed by atoms with van der Waals surface area (Å²) in [5.41, 5.74) is 2.69. The number of carbonyl (C=O) groups is 2. The second kappa shape index (κ2) is 7.03. The van der Waals surface area contributed by atoms with E-state index >= 15 is 0 Å². The molecule has 1 N–H and O–H groups in total. The Morgan fingerprint density at radius 1 is 0.909 bits per heavy atom. The molecule has 22 heavy (non-hydrogen) atoms. The molecule has 3 heteroatoms. The lowest BCUT2D eigenvalue weighted by atomic mass is 9.89. The third kappa shape index (κ3) is 3.82. The molecule has 2 rings (SSSR count). The molecule has 0 aromatic heterocycles. The van der Waals surface area contributed by atoms with Crippen molar-refractivity contribution in [2.24, 2.45) is 11.8 Å². The van der Waals surface area contributed by atoms with Gasteiger partial charge in [0.15, 0.2) is 5.78 Å². The van der Waals surface area contributed by atoms with Crippen molar-refractivity contribution >= 4 is 11.8 Å². The standard InChI is InChI=1S/C19H20O3/c1-13(2)17(19(21)22)12-18(20)16-10-8-15(9-11-16)14-6-4-3-5-7-14/h3-11,13,17H,12H2,1-2H3,(H,21,22). The topological polar surface area (TPSA) is 54.4 Å². The number of Topliss-reactive ketones (excluding diaryl/α,β-unsaturated/α-hetero) is 1. The summed E-state index contributed by atoms with van der Waals surface area (Å²) >= 11 is 0. The van der Waals surface area contributed by atoms with Gasteiger partial charge in [0, 0.05) is 12.0 Å². The normalized spacial score (nSPS) is 12.1. The minimum atomic E-state index is -0.913. The molecule has 0 aliphatic carbocycles. The first kappa shape index (κ1) is 16.0. The number of carbonyl (C=O) groups excluding carboxylic acids is 1. The molecule has 1 unspecified atom stereocenters. The third-order valence-electron chi connectivity index (χ3n) is 3.84. The van der Waals surface area contributed by atoms with Crippen molar-refractivity contribution in [1.29, 1.82) is 0 Å². The van der Waals surface area contributed by atoms with Crippen LogP contribution in [0.3, 0.4) is 0 Å². The van der Waals surface area contributed by atoms with Crippen LogP contribution in [0.2, 0.25) is 0 Å². The van der Waals surface area contributed by atoms with Crippen LogP contribution in [0.5, 0.6) is 0 Å². The van der Waals surface area contributed by atoms with Crippen LogP contribution in [0.15, 0.2) is 54.6 Å². The average molecular weight is 296 g/mol. The first-order valence-electron chi connectivity index (χ1n) is 7.40. The van der Waals surface area contributed by atoms with Crippen LogP contribution in [-0.2, 0) is 4.79 Å². The maximum absolute atomic E-state index is 12.2. The molecular weight excluding hydrogens is 276 g/mol. The molecule has 114 valence electrons. The fraction of sp³-hybridized carbons (Fsp3) is 0.263. The Morgan fingerprint density at radius 2 is 1.45 bits per heavy atom. The van der Waals surface area contributed by atoms with E-state index in [2.05, 4.69) is 0 Å². The van der Waals surface area contributed by atoms with E-state index in [0.29, 0.717) is 5.56 Å². The van der Waals surface area contributed by atoms with Crippen LogP contribution >= 0.6 is 0 Å². The fourth-order valence-electron chi connectivity index (χ4n) is 2.40. The van der Waals surface area contributed by atoms with Crippen LogP contribution < -0.4 is 0 Å². The van der Waals surface area contributed by atoms with Crippen molar-refractivity contribution in [3.8, 4) is 11.1 Å². The van der Waals surface area contributed by atoms with Gasteiger partial charge < -0.3 is 5.11 Å². The summed E-state index contributed by atoms with van der Waals surface area (Å²) in [6.45, 7) is 3.65. The number of benzene rings is 2. The molecule has 0 saturated heterocycles. The van der Waals surface area contributed by atoms with Gasteiger partial charge in [0.2, 0.25) is 0 Å². The number of hydrogen-bond acceptors (Lipinski definition) is 2. The molecule has 0 radical (unpaired) electrons. The lowest BCUT2D eigenvalue weighted by Gasteiger charge is -2.15. The SMILES string of the molecule is CC(C)C(CC(=O)c1ccc(-c2ccccc2)cc1)C(=O)O. The summed E-state index contributed by atoms with van der Waals surface area (Å²) in [7, 11) is 0. The summed E-state index contributed by atoms with van der Waals surface area (Å²) in [5, 5.41) is 9.18. The molecule has 0 aliphatic heterocycles. The summed E-state index contributed by atoms with van der Waals surface area (Å²) in [4.78, 5) is 23.4. The van der Waals surface area contributed by atoms with Crippen molar-refractivity contribution in [3.05, 3.63) is 60.2 Å². The van der Waals surface area contributed by atoms with Crippen LogP contribution in [0.1, 0.15) is 30.6 Å². The van der Waals surface area contributed by atoms with Gasteiger partial charge in [-0.15, -0.1) is 0 Å². The second-order valence-corrected chi connectivity index (χ2v) is 5.76. The fourth-order valence-corrected chi connectivity index (χ4v) is 2.40. The number of aliphatic carboxylic acids is 1. The van der Waals surface area contributed by atoms with Crippen LogP contribution in [0.4, 0.5) is 0 Å². The van der Waals surface area contributed by atoms with Gasteiger partial charge in [-0.2, -0.15) is 0 Å². The molecule has 0 bridgehead atoms. The van der Waals surface area contributed by atoms with Crippen molar-refractivity contribution < 1.29 is 14.7 Å². The highest BCUT2D eigenvalue weighted by Crippen LogP contribution is 2.22. The van der Waals surface area contributed by atoms with Gasteiger partial charge in [-0.25, -0.2) is 0 Å². The van der Waals surface area contributed by atoms with Crippen LogP contribution in [0, 0.1) is 11.8 Å². The number of ketones is 1. The Bertz CT molecular complexity index is 642. The summed E-state index contributed by atoms with van der Waals surface area (Å²) in [6, 6.07) is 17.2. The van der Waals surface area contributed by atoms with E-state index in [4.69, 9.17) is 0 Å². The Labute approximate surface area is 130 Å². The van der Waals surface area contributed by atoms with E-state index in [9.17, 15) is 14.7 Å². The molecule has 0 amide bonds. The molecule has 0 heterocycles. The monoisotopic (exact) mass is 296 g/mol. The minimum Gasteiger partial charge on any atom is -0.481 e. The summed E-state index contributed by atoms with van der Waals surface area (Å²) in [6.07, 6.45) is 0.0394. The summed E-state index contributed by atoms with van der Waals surface area (Å²) in [5.74, 6) is -1.74. The zero-order chi connectivity index (χ0) is 16.1. The van der Waals surface area contributed by atoms with Crippen LogP contribution in [0.25, 0.3) is 11.1 Å². The first-order chi connectivity index (χ1) is 10.5. The van der Waals surface area contributed by atoms with Gasteiger partial charge in [-0.05, 0) is 17.0 Å².